The van der Waals surface area contributed by atoms with E-state index in [1.807, 2.05) is 6.92 Å². The zero-order valence-electron chi connectivity index (χ0n) is 15.7. The van der Waals surface area contributed by atoms with Crippen molar-refractivity contribution in [2.75, 3.05) is 0 Å². The largest absolute Gasteiger partial charge is 0.458 e. The summed E-state index contributed by atoms with van der Waals surface area (Å²) in [6.45, 7) is 10.9. The Labute approximate surface area is 153 Å². The van der Waals surface area contributed by atoms with Crippen molar-refractivity contribution in [1.29, 1.82) is 0 Å². The number of aliphatic hydroxyl groups excluding tert-OH is 1. The van der Waals surface area contributed by atoms with Gasteiger partial charge in [0.05, 0.1) is 17.4 Å². The maximum absolute atomic E-state index is 12.9. The topological polar surface area (TPSA) is 89.9 Å². The zero-order chi connectivity index (χ0) is 19.4. The van der Waals surface area contributed by atoms with Crippen molar-refractivity contribution in [3.8, 4) is 0 Å². The molecule has 0 aromatic carbocycles. The van der Waals surface area contributed by atoms with E-state index in [1.165, 1.54) is 0 Å². The Morgan fingerprint density at radius 1 is 1.42 bits per heavy atom. The summed E-state index contributed by atoms with van der Waals surface area (Å²) in [6.07, 6.45) is -0.0358. The number of ether oxygens (including phenoxy) is 2. The van der Waals surface area contributed by atoms with E-state index < -0.39 is 41.6 Å². The molecule has 2 aliphatic carbocycles. The SMILES string of the molecule is C=C1C(=O)O[C@H]2C[C@@H](C)[C@@H]3[C@@H](O)CC(=O)[C@]3(C)[C@@H](OC(=O)C(C)=CC)[C@@H]12. The van der Waals surface area contributed by atoms with Crippen LogP contribution in [0.25, 0.3) is 0 Å². The third-order valence-electron chi connectivity index (χ3n) is 6.55. The monoisotopic (exact) mass is 362 g/mol. The van der Waals surface area contributed by atoms with Gasteiger partial charge >= 0.3 is 11.9 Å². The van der Waals surface area contributed by atoms with E-state index in [2.05, 4.69) is 6.58 Å². The van der Waals surface area contributed by atoms with Crippen LogP contribution in [0.2, 0.25) is 0 Å². The Balaban J connectivity index is 2.12. The number of carbonyl (C=O) groups excluding carboxylic acids is 3. The fourth-order valence-electron chi connectivity index (χ4n) is 5.07. The van der Waals surface area contributed by atoms with Crippen molar-refractivity contribution < 1.29 is 29.0 Å². The molecule has 6 nitrogen and oxygen atoms in total. The van der Waals surface area contributed by atoms with Gasteiger partial charge in [0, 0.05) is 23.5 Å². The van der Waals surface area contributed by atoms with Gasteiger partial charge in [-0.1, -0.05) is 19.6 Å². The van der Waals surface area contributed by atoms with Gasteiger partial charge in [-0.2, -0.15) is 0 Å². The van der Waals surface area contributed by atoms with Crippen LogP contribution < -0.4 is 0 Å². The molecular formula is C20H26O6. The summed E-state index contributed by atoms with van der Waals surface area (Å²) >= 11 is 0. The number of hydrogen-bond donors (Lipinski definition) is 1. The average molecular weight is 362 g/mol. The second-order valence-corrected chi connectivity index (χ2v) is 8.01. The Morgan fingerprint density at radius 3 is 2.69 bits per heavy atom. The zero-order valence-corrected chi connectivity index (χ0v) is 15.7. The molecule has 3 rings (SSSR count). The first kappa shape index (κ1) is 18.8. The Morgan fingerprint density at radius 2 is 2.08 bits per heavy atom. The van der Waals surface area contributed by atoms with Crippen LogP contribution in [0.15, 0.2) is 23.8 Å². The molecule has 0 spiro atoms. The number of Topliss-reactive ketones (excluding diaryl/α,β-unsaturated/α-hetero) is 1. The lowest BCUT2D eigenvalue weighted by Crippen LogP contribution is -2.50. The van der Waals surface area contributed by atoms with Gasteiger partial charge in [-0.05, 0) is 33.1 Å². The van der Waals surface area contributed by atoms with E-state index in [0.717, 1.165) is 0 Å². The predicted molar refractivity (Wildman–Crippen MR) is 92.8 cm³/mol. The lowest BCUT2D eigenvalue weighted by atomic mass is 9.67. The molecule has 0 unspecified atom stereocenters. The number of carbonyl (C=O) groups is 3. The first-order valence-electron chi connectivity index (χ1n) is 9.07. The molecule has 1 saturated heterocycles. The molecule has 1 heterocycles. The molecule has 0 amide bonds. The van der Waals surface area contributed by atoms with Crippen LogP contribution in [-0.2, 0) is 23.9 Å². The maximum Gasteiger partial charge on any atom is 0.334 e. The van der Waals surface area contributed by atoms with Gasteiger partial charge in [-0.25, -0.2) is 9.59 Å². The predicted octanol–water partition coefficient (Wildman–Crippen LogP) is 1.96. The molecule has 1 N–H and O–H groups in total. The summed E-state index contributed by atoms with van der Waals surface area (Å²) in [7, 11) is 0. The van der Waals surface area contributed by atoms with Gasteiger partial charge in [0.15, 0.2) is 0 Å². The van der Waals surface area contributed by atoms with Crippen LogP contribution in [0.3, 0.4) is 0 Å². The van der Waals surface area contributed by atoms with Gasteiger partial charge < -0.3 is 14.6 Å². The fraction of sp³-hybridized carbons (Fsp3) is 0.650. The number of esters is 2. The van der Waals surface area contributed by atoms with Crippen molar-refractivity contribution in [3.63, 3.8) is 0 Å². The lowest BCUT2D eigenvalue weighted by molar-refractivity contribution is -0.162. The summed E-state index contributed by atoms with van der Waals surface area (Å²) in [5, 5.41) is 10.5. The molecule has 6 heteroatoms. The summed E-state index contributed by atoms with van der Waals surface area (Å²) in [5.41, 5.74) is -0.436. The number of hydrogen-bond acceptors (Lipinski definition) is 6. The highest BCUT2D eigenvalue weighted by Gasteiger charge is 2.65. The van der Waals surface area contributed by atoms with E-state index in [9.17, 15) is 19.5 Å². The maximum atomic E-state index is 12.9. The summed E-state index contributed by atoms with van der Waals surface area (Å²) < 4.78 is 11.3. The minimum Gasteiger partial charge on any atom is -0.458 e. The second kappa shape index (κ2) is 6.34. The smallest absolute Gasteiger partial charge is 0.334 e. The molecule has 3 fully saturated rings. The van der Waals surface area contributed by atoms with Crippen molar-refractivity contribution in [2.45, 2.75) is 58.8 Å². The first-order chi connectivity index (χ1) is 12.1. The summed E-state index contributed by atoms with van der Waals surface area (Å²) in [5.74, 6) is -2.21. The van der Waals surface area contributed by atoms with Crippen LogP contribution in [0.1, 0.15) is 40.5 Å². The van der Waals surface area contributed by atoms with E-state index in [-0.39, 0.29) is 29.6 Å². The molecule has 0 aromatic rings. The number of fused-ring (bicyclic) bond motifs is 2. The third kappa shape index (κ3) is 2.54. The molecule has 1 aliphatic heterocycles. The van der Waals surface area contributed by atoms with Crippen molar-refractivity contribution >= 4 is 17.7 Å². The standard InChI is InChI=1S/C20H26O6/c1-6-9(2)18(23)26-17-15-11(4)19(24)25-13(15)7-10(3)16-12(21)8-14(22)20(16,17)5/h6,10,12-13,15-17,21H,4,7-8H2,1-3,5H3/t10-,12+,13+,15+,16-,17+,20+/m1/s1. The number of allylic oxidation sites excluding steroid dienone is 1. The van der Waals surface area contributed by atoms with Crippen LogP contribution in [0.4, 0.5) is 0 Å². The average Bonchev–Trinajstić information content (AvgIpc) is 2.94. The van der Waals surface area contributed by atoms with Crippen molar-refractivity contribution in [3.05, 3.63) is 23.8 Å². The first-order valence-corrected chi connectivity index (χ1v) is 9.07. The minimum absolute atomic E-state index is 0.0286. The van der Waals surface area contributed by atoms with Gasteiger partial charge in [0.2, 0.25) is 0 Å². The van der Waals surface area contributed by atoms with Gasteiger partial charge in [0.1, 0.15) is 18.0 Å². The molecule has 142 valence electrons. The molecule has 0 radical (unpaired) electrons. The quantitative estimate of drug-likeness (QED) is 0.597. The molecule has 0 bridgehead atoms. The van der Waals surface area contributed by atoms with E-state index in [0.29, 0.717) is 12.0 Å². The van der Waals surface area contributed by atoms with E-state index in [1.54, 1.807) is 26.8 Å². The molecule has 0 aromatic heterocycles. The van der Waals surface area contributed by atoms with Gasteiger partial charge in [-0.3, -0.25) is 4.79 Å². The van der Waals surface area contributed by atoms with Crippen LogP contribution in [0.5, 0.6) is 0 Å². The van der Waals surface area contributed by atoms with Crippen LogP contribution >= 0.6 is 0 Å². The number of ketones is 1. The molecule has 26 heavy (non-hydrogen) atoms. The summed E-state index contributed by atoms with van der Waals surface area (Å²) in [4.78, 5) is 37.6. The highest BCUT2D eigenvalue weighted by atomic mass is 16.6. The minimum atomic E-state index is -1.08. The van der Waals surface area contributed by atoms with Crippen molar-refractivity contribution in [2.24, 2.45) is 23.2 Å². The van der Waals surface area contributed by atoms with E-state index >= 15 is 0 Å². The molecule has 7 atom stereocenters. The van der Waals surface area contributed by atoms with Crippen LogP contribution in [0, 0.1) is 23.2 Å². The Kier molecular flexibility index (Phi) is 4.59. The number of aliphatic hydroxyl groups is 1. The molecule has 3 aliphatic rings. The van der Waals surface area contributed by atoms with Crippen molar-refractivity contribution in [1.82, 2.24) is 0 Å². The summed E-state index contributed by atoms with van der Waals surface area (Å²) in [6, 6.07) is 0. The molecule has 2 saturated carbocycles. The second-order valence-electron chi connectivity index (χ2n) is 8.01. The normalized spacial score (nSPS) is 42.8. The highest BCUT2D eigenvalue weighted by molar-refractivity contribution is 5.94. The molecular weight excluding hydrogens is 336 g/mol. The van der Waals surface area contributed by atoms with Gasteiger partial charge in [0.25, 0.3) is 0 Å². The third-order valence-corrected chi connectivity index (χ3v) is 6.55. The fourth-order valence-corrected chi connectivity index (χ4v) is 5.07. The highest BCUT2D eigenvalue weighted by Crippen LogP contribution is 2.56. The lowest BCUT2D eigenvalue weighted by Gasteiger charge is -2.40. The van der Waals surface area contributed by atoms with Crippen LogP contribution in [-0.4, -0.2) is 41.1 Å². The number of rotatable bonds is 2. The Hall–Kier alpha value is -1.95. The van der Waals surface area contributed by atoms with E-state index in [4.69, 9.17) is 9.47 Å². The van der Waals surface area contributed by atoms with Gasteiger partial charge in [-0.15, -0.1) is 0 Å². The Bertz CT molecular complexity index is 707.